The first-order chi connectivity index (χ1) is 10.3. The van der Waals surface area contributed by atoms with Gasteiger partial charge in [-0.05, 0) is 25.0 Å². The van der Waals surface area contributed by atoms with E-state index in [1.54, 1.807) is 7.11 Å². The summed E-state index contributed by atoms with van der Waals surface area (Å²) in [6.07, 6.45) is 4.25. The predicted molar refractivity (Wildman–Crippen MR) is 83.5 cm³/mol. The lowest BCUT2D eigenvalue weighted by Gasteiger charge is -2.12. The zero-order valence-electron chi connectivity index (χ0n) is 12.2. The van der Waals surface area contributed by atoms with Gasteiger partial charge in [0.1, 0.15) is 5.75 Å². The zero-order valence-corrected chi connectivity index (χ0v) is 12.2. The number of nitrogens with two attached hydrogens (primary N) is 1. The Morgan fingerprint density at radius 3 is 2.86 bits per heavy atom. The first-order valence-electron chi connectivity index (χ1n) is 7.27. The molecule has 0 spiro atoms. The minimum Gasteiger partial charge on any atom is -0.496 e. The molecular formula is C16H20N4O. The summed E-state index contributed by atoms with van der Waals surface area (Å²) in [4.78, 5) is 9.26. The molecule has 1 saturated carbocycles. The maximum Gasteiger partial charge on any atom is 0.163 e. The van der Waals surface area contributed by atoms with Crippen molar-refractivity contribution in [3.63, 3.8) is 0 Å². The molecule has 0 radical (unpaired) electrons. The number of para-hydroxylation sites is 1. The Morgan fingerprint density at radius 1 is 1.33 bits per heavy atom. The van der Waals surface area contributed by atoms with E-state index in [0.717, 1.165) is 29.2 Å². The van der Waals surface area contributed by atoms with Crippen LogP contribution in [0.4, 0.5) is 5.69 Å². The Bertz CT molecular complexity index is 625. The van der Waals surface area contributed by atoms with Crippen molar-refractivity contribution >= 4 is 5.69 Å². The Hall–Kier alpha value is -2.14. The van der Waals surface area contributed by atoms with E-state index in [2.05, 4.69) is 10.3 Å². The number of benzene rings is 1. The van der Waals surface area contributed by atoms with E-state index in [-0.39, 0.29) is 0 Å². The molecule has 0 amide bonds. The molecule has 1 aliphatic rings. The third kappa shape index (κ3) is 2.97. The highest BCUT2D eigenvalue weighted by Crippen LogP contribution is 2.43. The van der Waals surface area contributed by atoms with Crippen LogP contribution in [0.5, 0.6) is 5.75 Å². The van der Waals surface area contributed by atoms with E-state index >= 15 is 0 Å². The van der Waals surface area contributed by atoms with Gasteiger partial charge in [0.05, 0.1) is 30.3 Å². The number of anilines is 1. The van der Waals surface area contributed by atoms with Gasteiger partial charge in [0.15, 0.2) is 5.82 Å². The van der Waals surface area contributed by atoms with E-state index in [9.17, 15) is 0 Å². The van der Waals surface area contributed by atoms with Crippen LogP contribution in [0, 0.1) is 0 Å². The monoisotopic (exact) mass is 284 g/mol. The van der Waals surface area contributed by atoms with E-state index in [0.29, 0.717) is 18.3 Å². The number of hydrogen-bond donors (Lipinski definition) is 2. The van der Waals surface area contributed by atoms with Gasteiger partial charge >= 0.3 is 0 Å². The number of aromatic nitrogens is 2. The summed E-state index contributed by atoms with van der Waals surface area (Å²) in [7, 11) is 1.66. The smallest absolute Gasteiger partial charge is 0.163 e. The summed E-state index contributed by atoms with van der Waals surface area (Å²) in [6, 6.07) is 7.83. The van der Waals surface area contributed by atoms with Crippen LogP contribution in [0.1, 0.15) is 24.5 Å². The molecule has 110 valence electrons. The van der Waals surface area contributed by atoms with Gasteiger partial charge in [0, 0.05) is 19.0 Å². The molecule has 0 unspecified atom stereocenters. The molecule has 0 atom stereocenters. The molecule has 21 heavy (non-hydrogen) atoms. The van der Waals surface area contributed by atoms with Crippen molar-refractivity contribution in [1.82, 2.24) is 9.97 Å². The fourth-order valence-corrected chi connectivity index (χ4v) is 2.37. The van der Waals surface area contributed by atoms with Crippen LogP contribution in [0.2, 0.25) is 0 Å². The third-order valence-electron chi connectivity index (χ3n) is 3.59. The van der Waals surface area contributed by atoms with Gasteiger partial charge in [-0.15, -0.1) is 0 Å². The minimum absolute atomic E-state index is 0.543. The number of methoxy groups -OCH3 is 1. The van der Waals surface area contributed by atoms with Crippen molar-refractivity contribution in [3.05, 3.63) is 36.2 Å². The summed E-state index contributed by atoms with van der Waals surface area (Å²) < 4.78 is 5.40. The maximum absolute atomic E-state index is 5.56. The second-order valence-electron chi connectivity index (χ2n) is 5.18. The summed E-state index contributed by atoms with van der Waals surface area (Å²) >= 11 is 0. The quantitative estimate of drug-likeness (QED) is 0.852. The van der Waals surface area contributed by atoms with Gasteiger partial charge in [-0.1, -0.05) is 12.1 Å². The number of nitrogens with one attached hydrogen (secondary N) is 1. The van der Waals surface area contributed by atoms with Crippen molar-refractivity contribution < 1.29 is 4.74 Å². The molecule has 3 rings (SSSR count). The molecule has 2 aromatic rings. The van der Waals surface area contributed by atoms with Crippen LogP contribution in [0.15, 0.2) is 30.5 Å². The van der Waals surface area contributed by atoms with Crippen LogP contribution in [0.3, 0.4) is 0 Å². The van der Waals surface area contributed by atoms with Gasteiger partial charge in [-0.25, -0.2) is 9.97 Å². The Labute approximate surface area is 124 Å². The van der Waals surface area contributed by atoms with E-state index in [1.807, 2.05) is 30.5 Å². The van der Waals surface area contributed by atoms with Crippen molar-refractivity contribution in [1.29, 1.82) is 0 Å². The molecule has 0 bridgehead atoms. The maximum atomic E-state index is 5.56. The van der Waals surface area contributed by atoms with Crippen molar-refractivity contribution in [2.45, 2.75) is 18.8 Å². The normalized spacial score (nSPS) is 14.0. The van der Waals surface area contributed by atoms with Crippen LogP contribution >= 0.6 is 0 Å². The second-order valence-corrected chi connectivity index (χ2v) is 5.18. The average molecular weight is 284 g/mol. The van der Waals surface area contributed by atoms with E-state index in [1.165, 1.54) is 12.8 Å². The molecule has 1 heterocycles. The minimum atomic E-state index is 0.543. The molecule has 5 nitrogen and oxygen atoms in total. The third-order valence-corrected chi connectivity index (χ3v) is 3.59. The van der Waals surface area contributed by atoms with Crippen LogP contribution in [-0.2, 0) is 0 Å². The fraction of sp³-hybridized carbons (Fsp3) is 0.375. The van der Waals surface area contributed by atoms with Crippen molar-refractivity contribution in [2.75, 3.05) is 25.5 Å². The molecule has 1 fully saturated rings. The highest BCUT2D eigenvalue weighted by atomic mass is 16.5. The zero-order chi connectivity index (χ0) is 14.7. The molecular weight excluding hydrogens is 264 g/mol. The van der Waals surface area contributed by atoms with Crippen LogP contribution < -0.4 is 15.8 Å². The lowest BCUT2D eigenvalue weighted by Crippen LogP contribution is -2.15. The number of ether oxygens (including phenoxy) is 1. The summed E-state index contributed by atoms with van der Waals surface area (Å²) in [5, 5.41) is 3.31. The Kier molecular flexibility index (Phi) is 4.01. The van der Waals surface area contributed by atoms with Crippen molar-refractivity contribution in [2.24, 2.45) is 5.73 Å². The number of rotatable bonds is 6. The SMILES string of the molecule is COc1ccccc1-c1ncc(NCCN)c(C2CC2)n1. The van der Waals surface area contributed by atoms with E-state index < -0.39 is 0 Å². The highest BCUT2D eigenvalue weighted by Gasteiger charge is 2.28. The molecule has 5 heteroatoms. The fourth-order valence-electron chi connectivity index (χ4n) is 2.37. The summed E-state index contributed by atoms with van der Waals surface area (Å²) in [6.45, 7) is 1.33. The number of hydrogen-bond acceptors (Lipinski definition) is 5. The summed E-state index contributed by atoms with van der Waals surface area (Å²) in [5.74, 6) is 2.05. The van der Waals surface area contributed by atoms with Crippen molar-refractivity contribution in [3.8, 4) is 17.1 Å². The Balaban J connectivity index is 1.98. The van der Waals surface area contributed by atoms with Gasteiger partial charge in [-0.2, -0.15) is 0 Å². The lowest BCUT2D eigenvalue weighted by atomic mass is 10.1. The molecule has 3 N–H and O–H groups in total. The van der Waals surface area contributed by atoms with Gasteiger partial charge in [0.25, 0.3) is 0 Å². The summed E-state index contributed by atoms with van der Waals surface area (Å²) in [5.41, 5.74) is 8.58. The van der Waals surface area contributed by atoms with Crippen LogP contribution in [0.25, 0.3) is 11.4 Å². The molecule has 1 aliphatic carbocycles. The highest BCUT2D eigenvalue weighted by molar-refractivity contribution is 5.65. The predicted octanol–water partition coefficient (Wildman–Crippen LogP) is 2.40. The van der Waals surface area contributed by atoms with Gasteiger partial charge in [-0.3, -0.25) is 0 Å². The average Bonchev–Trinajstić information content (AvgIpc) is 3.37. The van der Waals surface area contributed by atoms with Gasteiger partial charge in [0.2, 0.25) is 0 Å². The standard InChI is InChI=1S/C16H20N4O/c1-21-14-5-3-2-4-12(14)16-19-10-13(18-9-8-17)15(20-16)11-6-7-11/h2-5,10-11,18H,6-9,17H2,1H3. The van der Waals surface area contributed by atoms with E-state index in [4.69, 9.17) is 15.5 Å². The first kappa shape index (κ1) is 13.8. The van der Waals surface area contributed by atoms with Gasteiger partial charge < -0.3 is 15.8 Å². The first-order valence-corrected chi connectivity index (χ1v) is 7.27. The molecule has 1 aromatic heterocycles. The topological polar surface area (TPSA) is 73.1 Å². The molecule has 0 aliphatic heterocycles. The Morgan fingerprint density at radius 2 is 2.14 bits per heavy atom. The molecule has 0 saturated heterocycles. The molecule has 1 aromatic carbocycles. The lowest BCUT2D eigenvalue weighted by molar-refractivity contribution is 0.416. The largest absolute Gasteiger partial charge is 0.496 e. The number of nitrogens with zero attached hydrogens (tertiary/aromatic N) is 2. The second kappa shape index (κ2) is 6.10. The van der Waals surface area contributed by atoms with Crippen LogP contribution in [-0.4, -0.2) is 30.2 Å².